The highest BCUT2D eigenvalue weighted by molar-refractivity contribution is 5.27. The summed E-state index contributed by atoms with van der Waals surface area (Å²) in [6.45, 7) is 5.09. The van der Waals surface area contributed by atoms with E-state index in [0.29, 0.717) is 0 Å². The molecule has 2 rings (SSSR count). The van der Waals surface area contributed by atoms with E-state index in [1.165, 1.54) is 25.7 Å². The van der Waals surface area contributed by atoms with Crippen molar-refractivity contribution >= 4 is 0 Å². The van der Waals surface area contributed by atoms with Gasteiger partial charge in [-0.3, -0.25) is 16.3 Å². The van der Waals surface area contributed by atoms with Crippen molar-refractivity contribution in [3.8, 4) is 5.75 Å². The van der Waals surface area contributed by atoms with Gasteiger partial charge in [0.25, 0.3) is 0 Å². The molecule has 0 bridgehead atoms. The Morgan fingerprint density at radius 2 is 2.10 bits per heavy atom. The Morgan fingerprint density at radius 3 is 2.70 bits per heavy atom. The molecule has 0 radical (unpaired) electrons. The lowest BCUT2D eigenvalue weighted by Gasteiger charge is -2.36. The third kappa shape index (κ3) is 3.13. The fourth-order valence-electron chi connectivity index (χ4n) is 3.44. The minimum absolute atomic E-state index is 0.160. The summed E-state index contributed by atoms with van der Waals surface area (Å²) in [4.78, 5) is 4.32. The first-order chi connectivity index (χ1) is 9.75. The molecule has 1 fully saturated rings. The summed E-state index contributed by atoms with van der Waals surface area (Å²) in [5.74, 6) is 6.72. The first-order valence-corrected chi connectivity index (χ1v) is 7.79. The van der Waals surface area contributed by atoms with Crippen molar-refractivity contribution in [2.45, 2.75) is 58.4 Å². The maximum absolute atomic E-state index is 5.88. The summed E-state index contributed by atoms with van der Waals surface area (Å²) in [5, 5.41) is 0. The molecule has 1 aliphatic rings. The van der Waals surface area contributed by atoms with E-state index in [9.17, 15) is 0 Å². The maximum atomic E-state index is 5.88. The van der Waals surface area contributed by atoms with Crippen molar-refractivity contribution < 1.29 is 4.74 Å². The van der Waals surface area contributed by atoms with Crippen LogP contribution in [0.5, 0.6) is 5.75 Å². The molecule has 1 saturated carbocycles. The second kappa shape index (κ2) is 7.04. The lowest BCUT2D eigenvalue weighted by atomic mass is 9.74. The molecule has 1 unspecified atom stereocenters. The largest absolute Gasteiger partial charge is 0.492 e. The van der Waals surface area contributed by atoms with Gasteiger partial charge < -0.3 is 4.74 Å². The molecular formula is C16H27N3O. The minimum Gasteiger partial charge on any atom is -0.492 e. The van der Waals surface area contributed by atoms with Crippen LogP contribution in [0.15, 0.2) is 18.5 Å². The predicted molar refractivity (Wildman–Crippen MR) is 81.3 cm³/mol. The zero-order chi connectivity index (χ0) is 14.4. The number of aromatic nitrogens is 1. The van der Waals surface area contributed by atoms with Crippen LogP contribution in [0, 0.1) is 5.41 Å². The van der Waals surface area contributed by atoms with Crippen LogP contribution in [0.4, 0.5) is 0 Å². The van der Waals surface area contributed by atoms with Crippen molar-refractivity contribution in [1.82, 2.24) is 10.4 Å². The Bertz CT molecular complexity index is 416. The first-order valence-electron chi connectivity index (χ1n) is 7.79. The number of rotatable bonds is 7. The van der Waals surface area contributed by atoms with Crippen molar-refractivity contribution in [1.29, 1.82) is 0 Å². The molecule has 4 nitrogen and oxygen atoms in total. The van der Waals surface area contributed by atoms with Gasteiger partial charge in [0.05, 0.1) is 18.8 Å². The molecule has 0 spiro atoms. The number of pyridine rings is 1. The predicted octanol–water partition coefficient (Wildman–Crippen LogP) is 3.35. The van der Waals surface area contributed by atoms with E-state index in [0.717, 1.165) is 30.8 Å². The number of ether oxygens (including phenoxy) is 1. The monoisotopic (exact) mass is 277 g/mol. The standard InChI is InChI=1S/C16H27N3O/c1-3-9-20-14-10-13(11-18-12-14)15(19-17)16(4-2)7-5-6-8-16/h10-12,15,19H,3-9,17H2,1-2H3. The fourth-order valence-corrected chi connectivity index (χ4v) is 3.44. The number of hydrogen-bond donors (Lipinski definition) is 2. The van der Waals surface area contributed by atoms with Gasteiger partial charge in [0.15, 0.2) is 0 Å². The fraction of sp³-hybridized carbons (Fsp3) is 0.688. The van der Waals surface area contributed by atoms with E-state index in [-0.39, 0.29) is 11.5 Å². The van der Waals surface area contributed by atoms with Crippen LogP contribution in [-0.2, 0) is 0 Å². The highest BCUT2D eigenvalue weighted by Gasteiger charge is 2.40. The lowest BCUT2D eigenvalue weighted by Crippen LogP contribution is -2.40. The van der Waals surface area contributed by atoms with Gasteiger partial charge in [-0.15, -0.1) is 0 Å². The summed E-state index contributed by atoms with van der Waals surface area (Å²) < 4.78 is 5.69. The molecule has 1 aliphatic carbocycles. The van der Waals surface area contributed by atoms with Crippen LogP contribution >= 0.6 is 0 Å². The maximum Gasteiger partial charge on any atom is 0.137 e. The molecule has 0 amide bonds. The quantitative estimate of drug-likeness (QED) is 0.593. The van der Waals surface area contributed by atoms with Crippen LogP contribution in [0.2, 0.25) is 0 Å². The molecule has 0 aliphatic heterocycles. The van der Waals surface area contributed by atoms with E-state index >= 15 is 0 Å². The summed E-state index contributed by atoms with van der Waals surface area (Å²) in [7, 11) is 0. The summed E-state index contributed by atoms with van der Waals surface area (Å²) in [5.41, 5.74) is 4.45. The zero-order valence-electron chi connectivity index (χ0n) is 12.7. The molecule has 0 saturated heterocycles. The number of nitrogens with zero attached hydrogens (tertiary/aromatic N) is 1. The normalized spacial score (nSPS) is 18.9. The minimum atomic E-state index is 0.160. The van der Waals surface area contributed by atoms with Gasteiger partial charge in [-0.2, -0.15) is 0 Å². The van der Waals surface area contributed by atoms with Crippen molar-refractivity contribution in [2.75, 3.05) is 6.61 Å². The Labute approximate surface area is 122 Å². The molecule has 20 heavy (non-hydrogen) atoms. The van der Waals surface area contributed by atoms with Gasteiger partial charge in [-0.25, -0.2) is 0 Å². The van der Waals surface area contributed by atoms with Crippen molar-refractivity contribution in [2.24, 2.45) is 11.3 Å². The van der Waals surface area contributed by atoms with Crippen molar-refractivity contribution in [3.63, 3.8) is 0 Å². The van der Waals surface area contributed by atoms with E-state index in [4.69, 9.17) is 10.6 Å². The highest BCUT2D eigenvalue weighted by Crippen LogP contribution is 2.49. The Kier molecular flexibility index (Phi) is 5.38. The number of hydrazine groups is 1. The van der Waals surface area contributed by atoms with Crippen LogP contribution in [0.3, 0.4) is 0 Å². The van der Waals surface area contributed by atoms with Crippen molar-refractivity contribution in [3.05, 3.63) is 24.0 Å². The molecule has 4 heteroatoms. The molecular weight excluding hydrogens is 250 g/mol. The van der Waals surface area contributed by atoms with Gasteiger partial charge in [0.1, 0.15) is 5.75 Å². The van der Waals surface area contributed by atoms with Gasteiger partial charge in [-0.1, -0.05) is 26.7 Å². The summed E-state index contributed by atoms with van der Waals surface area (Å²) >= 11 is 0. The van der Waals surface area contributed by atoms with Crippen LogP contribution in [0.1, 0.15) is 64.0 Å². The van der Waals surface area contributed by atoms with Gasteiger partial charge in [0, 0.05) is 6.20 Å². The Morgan fingerprint density at radius 1 is 1.35 bits per heavy atom. The van der Waals surface area contributed by atoms with Gasteiger partial charge in [-0.05, 0) is 42.7 Å². The van der Waals surface area contributed by atoms with E-state index in [2.05, 4.69) is 30.3 Å². The van der Waals surface area contributed by atoms with E-state index in [1.807, 2.05) is 6.20 Å². The molecule has 1 atom stereocenters. The number of nitrogens with one attached hydrogen (secondary N) is 1. The van der Waals surface area contributed by atoms with E-state index < -0.39 is 0 Å². The SMILES string of the molecule is CCCOc1cncc(C(NN)C2(CC)CCCC2)c1. The van der Waals surface area contributed by atoms with E-state index in [1.54, 1.807) is 6.20 Å². The molecule has 112 valence electrons. The first kappa shape index (κ1) is 15.3. The van der Waals surface area contributed by atoms with Gasteiger partial charge in [0.2, 0.25) is 0 Å². The molecule has 3 N–H and O–H groups in total. The average Bonchev–Trinajstić information content (AvgIpc) is 2.96. The third-order valence-electron chi connectivity index (χ3n) is 4.62. The second-order valence-corrected chi connectivity index (χ2v) is 5.83. The smallest absolute Gasteiger partial charge is 0.137 e. The third-order valence-corrected chi connectivity index (χ3v) is 4.62. The Balaban J connectivity index is 2.22. The second-order valence-electron chi connectivity index (χ2n) is 5.83. The van der Waals surface area contributed by atoms with Crippen LogP contribution < -0.4 is 16.0 Å². The van der Waals surface area contributed by atoms with Crippen LogP contribution in [-0.4, -0.2) is 11.6 Å². The molecule has 0 aromatic carbocycles. The Hall–Kier alpha value is -1.13. The number of nitrogens with two attached hydrogens (primary N) is 1. The highest BCUT2D eigenvalue weighted by atomic mass is 16.5. The van der Waals surface area contributed by atoms with Gasteiger partial charge >= 0.3 is 0 Å². The lowest BCUT2D eigenvalue weighted by molar-refractivity contribution is 0.187. The molecule has 1 aromatic rings. The summed E-state index contributed by atoms with van der Waals surface area (Å²) in [6.07, 6.45) is 10.9. The summed E-state index contributed by atoms with van der Waals surface area (Å²) in [6, 6.07) is 2.25. The zero-order valence-corrected chi connectivity index (χ0v) is 12.7. The number of hydrogen-bond acceptors (Lipinski definition) is 4. The molecule has 1 aromatic heterocycles. The topological polar surface area (TPSA) is 60.2 Å². The molecule has 1 heterocycles. The van der Waals surface area contributed by atoms with Crippen LogP contribution in [0.25, 0.3) is 0 Å². The average molecular weight is 277 g/mol.